The van der Waals surface area contributed by atoms with Crippen LogP contribution in [0.1, 0.15) is 45.4 Å². The van der Waals surface area contributed by atoms with Crippen LogP contribution < -0.4 is 5.32 Å². The van der Waals surface area contributed by atoms with Gasteiger partial charge >= 0.3 is 6.18 Å². The Morgan fingerprint density at radius 3 is 2.37 bits per heavy atom. The van der Waals surface area contributed by atoms with Crippen LogP contribution in [-0.2, 0) is 0 Å². The Morgan fingerprint density at radius 2 is 1.84 bits per heavy atom. The van der Waals surface area contributed by atoms with E-state index < -0.39 is 12.1 Å². The number of nitrogens with zero attached hydrogens (tertiary/aromatic N) is 1. The van der Waals surface area contributed by atoms with Crippen molar-refractivity contribution in [3.63, 3.8) is 0 Å². The van der Waals surface area contributed by atoms with Gasteiger partial charge in [-0.1, -0.05) is 6.42 Å². The van der Waals surface area contributed by atoms with E-state index in [1.165, 1.54) is 19.3 Å². The smallest absolute Gasteiger partial charge is 0.314 e. The fourth-order valence-corrected chi connectivity index (χ4v) is 3.35. The second kappa shape index (κ2) is 6.44. The molecular weight excluding hydrogens is 253 g/mol. The molecule has 0 saturated carbocycles. The Balaban J connectivity index is 1.74. The number of alkyl halides is 3. The van der Waals surface area contributed by atoms with Crippen molar-refractivity contribution in [1.82, 2.24) is 10.2 Å². The van der Waals surface area contributed by atoms with Gasteiger partial charge in [0.1, 0.15) is 0 Å². The average molecular weight is 278 g/mol. The average Bonchev–Trinajstić information content (AvgIpc) is 2.39. The number of halogens is 3. The van der Waals surface area contributed by atoms with Crippen molar-refractivity contribution >= 4 is 0 Å². The molecule has 0 aromatic rings. The zero-order valence-corrected chi connectivity index (χ0v) is 11.7. The summed E-state index contributed by atoms with van der Waals surface area (Å²) in [7, 11) is 0. The van der Waals surface area contributed by atoms with Crippen molar-refractivity contribution in [1.29, 1.82) is 0 Å². The van der Waals surface area contributed by atoms with Gasteiger partial charge in [0.25, 0.3) is 0 Å². The molecule has 0 radical (unpaired) electrons. The molecule has 0 bridgehead atoms. The van der Waals surface area contributed by atoms with Gasteiger partial charge < -0.3 is 10.2 Å². The second-order valence-electron chi connectivity index (χ2n) is 6.08. The molecule has 19 heavy (non-hydrogen) atoms. The third-order valence-corrected chi connectivity index (χ3v) is 4.65. The summed E-state index contributed by atoms with van der Waals surface area (Å²) in [6.45, 7) is 4.44. The Hall–Kier alpha value is -0.290. The van der Waals surface area contributed by atoms with E-state index in [1.54, 1.807) is 0 Å². The Kier molecular flexibility index (Phi) is 5.12. The zero-order valence-electron chi connectivity index (χ0n) is 11.7. The molecule has 2 aliphatic rings. The van der Waals surface area contributed by atoms with Gasteiger partial charge in [0, 0.05) is 12.1 Å². The lowest BCUT2D eigenvalue weighted by molar-refractivity contribution is -0.186. The molecule has 2 unspecified atom stereocenters. The van der Waals surface area contributed by atoms with E-state index in [9.17, 15) is 13.2 Å². The van der Waals surface area contributed by atoms with E-state index in [4.69, 9.17) is 0 Å². The van der Waals surface area contributed by atoms with Gasteiger partial charge in [-0.05, 0) is 58.7 Å². The fourth-order valence-electron chi connectivity index (χ4n) is 3.35. The van der Waals surface area contributed by atoms with E-state index in [1.807, 2.05) is 0 Å². The van der Waals surface area contributed by atoms with Gasteiger partial charge in [-0.2, -0.15) is 13.2 Å². The minimum absolute atomic E-state index is 0.270. The number of nitrogens with one attached hydrogen (secondary N) is 1. The van der Waals surface area contributed by atoms with Crippen molar-refractivity contribution in [2.24, 2.45) is 5.92 Å². The van der Waals surface area contributed by atoms with Crippen LogP contribution in [0.5, 0.6) is 0 Å². The highest BCUT2D eigenvalue weighted by molar-refractivity contribution is 4.83. The normalized spacial score (nSPS) is 29.4. The van der Waals surface area contributed by atoms with Crippen LogP contribution in [0.4, 0.5) is 13.2 Å². The lowest BCUT2D eigenvalue weighted by atomic mass is 9.93. The molecule has 0 aromatic carbocycles. The van der Waals surface area contributed by atoms with E-state index >= 15 is 0 Å². The molecule has 5 heteroatoms. The van der Waals surface area contributed by atoms with Crippen LogP contribution in [-0.4, -0.2) is 42.8 Å². The summed E-state index contributed by atoms with van der Waals surface area (Å²) in [4.78, 5) is 2.23. The van der Waals surface area contributed by atoms with Gasteiger partial charge in [-0.15, -0.1) is 0 Å². The number of hydrogen-bond acceptors (Lipinski definition) is 2. The molecule has 1 N–H and O–H groups in total. The highest BCUT2D eigenvalue weighted by atomic mass is 19.4. The molecular formula is C14H25F3N2. The third kappa shape index (κ3) is 4.35. The van der Waals surface area contributed by atoms with Gasteiger partial charge in [-0.25, -0.2) is 0 Å². The van der Waals surface area contributed by atoms with Crippen molar-refractivity contribution in [3.8, 4) is 0 Å². The van der Waals surface area contributed by atoms with Crippen LogP contribution in [0.15, 0.2) is 0 Å². The number of likely N-dealkylation sites (tertiary alicyclic amines) is 1. The predicted molar refractivity (Wildman–Crippen MR) is 70.1 cm³/mol. The van der Waals surface area contributed by atoms with Crippen LogP contribution in [0.3, 0.4) is 0 Å². The maximum absolute atomic E-state index is 12.6. The topological polar surface area (TPSA) is 15.3 Å². The first-order valence-electron chi connectivity index (χ1n) is 7.51. The molecule has 0 aliphatic carbocycles. The molecule has 2 heterocycles. The summed E-state index contributed by atoms with van der Waals surface area (Å²) in [5, 5.41) is 3.52. The van der Waals surface area contributed by atoms with E-state index in [-0.39, 0.29) is 12.8 Å². The SMILES string of the molecule is CC(CC1CCCCN1)N1CCC(C(F)(F)F)CC1. The molecule has 2 rings (SSSR count). The Bertz CT molecular complexity index is 266. The van der Waals surface area contributed by atoms with Gasteiger partial charge in [-0.3, -0.25) is 0 Å². The summed E-state index contributed by atoms with van der Waals surface area (Å²) < 4.78 is 37.8. The zero-order chi connectivity index (χ0) is 13.9. The van der Waals surface area contributed by atoms with Gasteiger partial charge in [0.2, 0.25) is 0 Å². The number of hydrogen-bond donors (Lipinski definition) is 1. The maximum Gasteiger partial charge on any atom is 0.391 e. The molecule has 2 nitrogen and oxygen atoms in total. The Morgan fingerprint density at radius 1 is 1.16 bits per heavy atom. The summed E-state index contributed by atoms with van der Waals surface area (Å²) in [6.07, 6.45) is 1.35. The maximum atomic E-state index is 12.6. The second-order valence-corrected chi connectivity index (χ2v) is 6.08. The summed E-state index contributed by atoms with van der Waals surface area (Å²) in [5.41, 5.74) is 0. The number of rotatable bonds is 3. The van der Waals surface area contributed by atoms with Crippen LogP contribution >= 0.6 is 0 Å². The van der Waals surface area contributed by atoms with Gasteiger partial charge in [0.05, 0.1) is 5.92 Å². The Labute approximate surface area is 113 Å². The van der Waals surface area contributed by atoms with E-state index in [2.05, 4.69) is 17.1 Å². The summed E-state index contributed by atoms with van der Waals surface area (Å²) >= 11 is 0. The first-order chi connectivity index (χ1) is 8.97. The van der Waals surface area contributed by atoms with Crippen molar-refractivity contribution in [2.75, 3.05) is 19.6 Å². The van der Waals surface area contributed by atoms with Crippen molar-refractivity contribution < 1.29 is 13.2 Å². The first-order valence-corrected chi connectivity index (χ1v) is 7.51. The van der Waals surface area contributed by atoms with E-state index in [0.29, 0.717) is 25.2 Å². The van der Waals surface area contributed by atoms with Gasteiger partial charge in [0.15, 0.2) is 0 Å². The summed E-state index contributed by atoms with van der Waals surface area (Å²) in [5.74, 6) is -1.08. The van der Waals surface area contributed by atoms with Crippen molar-refractivity contribution in [3.05, 3.63) is 0 Å². The van der Waals surface area contributed by atoms with Crippen LogP contribution in [0.25, 0.3) is 0 Å². The molecule has 0 spiro atoms. The lowest BCUT2D eigenvalue weighted by Gasteiger charge is -2.38. The highest BCUT2D eigenvalue weighted by Gasteiger charge is 2.41. The lowest BCUT2D eigenvalue weighted by Crippen LogP contribution is -2.46. The predicted octanol–water partition coefficient (Wildman–Crippen LogP) is 3.18. The molecule has 2 aliphatic heterocycles. The highest BCUT2D eigenvalue weighted by Crippen LogP contribution is 2.34. The molecule has 112 valence electrons. The molecule has 2 fully saturated rings. The minimum atomic E-state index is -4.00. The fraction of sp³-hybridized carbons (Fsp3) is 1.00. The number of piperidine rings is 2. The molecule has 0 aromatic heterocycles. The third-order valence-electron chi connectivity index (χ3n) is 4.65. The first kappa shape index (κ1) is 15.1. The largest absolute Gasteiger partial charge is 0.391 e. The molecule has 2 saturated heterocycles. The molecule has 0 amide bonds. The van der Waals surface area contributed by atoms with Crippen LogP contribution in [0, 0.1) is 5.92 Å². The summed E-state index contributed by atoms with van der Waals surface area (Å²) in [6, 6.07) is 0.953. The quantitative estimate of drug-likeness (QED) is 0.853. The van der Waals surface area contributed by atoms with E-state index in [0.717, 1.165) is 13.0 Å². The molecule has 2 atom stereocenters. The van der Waals surface area contributed by atoms with Crippen LogP contribution in [0.2, 0.25) is 0 Å². The minimum Gasteiger partial charge on any atom is -0.314 e. The monoisotopic (exact) mass is 278 g/mol. The standard InChI is InChI=1S/C14H25F3N2/c1-11(10-13-4-2-3-7-18-13)19-8-5-12(6-9-19)14(15,16)17/h11-13,18H,2-10H2,1H3. The van der Waals surface area contributed by atoms with Crippen molar-refractivity contribution in [2.45, 2.75) is 63.7 Å².